The van der Waals surface area contributed by atoms with Crippen LogP contribution in [0.1, 0.15) is 73.1 Å². The summed E-state index contributed by atoms with van der Waals surface area (Å²) in [6.07, 6.45) is 7.77. The molecule has 0 aromatic heterocycles. The number of cyclic esters (lactones) is 1. The van der Waals surface area contributed by atoms with Crippen LogP contribution >= 0.6 is 0 Å². The molecule has 2 unspecified atom stereocenters. The molecule has 1 saturated heterocycles. The molecule has 3 rings (SSSR count). The Labute approximate surface area is 185 Å². The molecule has 0 aromatic rings. The fourth-order valence-corrected chi connectivity index (χ4v) is 5.09. The van der Waals surface area contributed by atoms with Crippen molar-refractivity contribution in [1.82, 2.24) is 0 Å². The first-order valence-corrected chi connectivity index (χ1v) is 11.6. The van der Waals surface area contributed by atoms with Gasteiger partial charge in [0.1, 0.15) is 12.2 Å². The number of hydrogen-bond donors (Lipinski definition) is 2. The smallest absolute Gasteiger partial charge is 0.311 e. The standard InChI is InChI=1S/C25H38O6/c1-6-24(3,4)23(28)31-20-14-25(5,29)13-16-8-7-15(2)19(22(16)20)10-9-18-11-17(26)12-21(27)30-18/h7-8,13,15,17-20,22,26,29H,6,9-12,14H2,1-5H3/t15-,17+,18+,19-,20?,22-,25?/m1/s1. The summed E-state index contributed by atoms with van der Waals surface area (Å²) in [5.74, 6) is -0.144. The first-order valence-electron chi connectivity index (χ1n) is 11.6. The fourth-order valence-electron chi connectivity index (χ4n) is 5.09. The molecule has 0 radical (unpaired) electrons. The number of aliphatic hydroxyl groups excluding tert-OH is 1. The lowest BCUT2D eigenvalue weighted by Gasteiger charge is -2.45. The third-order valence-corrected chi connectivity index (χ3v) is 7.36. The molecule has 2 N–H and O–H groups in total. The second-order valence-corrected chi connectivity index (χ2v) is 10.6. The summed E-state index contributed by atoms with van der Waals surface area (Å²) in [5, 5.41) is 20.7. The largest absolute Gasteiger partial charge is 0.462 e. The van der Waals surface area contributed by atoms with Gasteiger partial charge in [0, 0.05) is 18.8 Å². The van der Waals surface area contributed by atoms with E-state index in [1.807, 2.05) is 26.8 Å². The fraction of sp³-hybridized carbons (Fsp3) is 0.760. The van der Waals surface area contributed by atoms with Crippen LogP contribution in [0.5, 0.6) is 0 Å². The highest BCUT2D eigenvalue weighted by molar-refractivity contribution is 5.76. The van der Waals surface area contributed by atoms with Crippen LogP contribution in [0.2, 0.25) is 0 Å². The highest BCUT2D eigenvalue weighted by atomic mass is 16.6. The average Bonchev–Trinajstić information content (AvgIpc) is 2.66. The molecule has 0 bridgehead atoms. The molecule has 7 atom stereocenters. The molecule has 0 amide bonds. The number of hydrogen-bond acceptors (Lipinski definition) is 6. The van der Waals surface area contributed by atoms with Gasteiger partial charge in [0.05, 0.1) is 23.5 Å². The van der Waals surface area contributed by atoms with Gasteiger partial charge in [0.25, 0.3) is 0 Å². The van der Waals surface area contributed by atoms with Gasteiger partial charge in [-0.3, -0.25) is 9.59 Å². The first kappa shape index (κ1) is 24.0. The van der Waals surface area contributed by atoms with E-state index in [0.717, 1.165) is 12.0 Å². The van der Waals surface area contributed by atoms with E-state index < -0.39 is 23.2 Å². The van der Waals surface area contributed by atoms with Crippen molar-refractivity contribution in [3.05, 3.63) is 23.8 Å². The summed E-state index contributed by atoms with van der Waals surface area (Å²) >= 11 is 0. The van der Waals surface area contributed by atoms with E-state index in [2.05, 4.69) is 19.1 Å². The minimum absolute atomic E-state index is 0.0129. The van der Waals surface area contributed by atoms with Gasteiger partial charge in [0.15, 0.2) is 0 Å². The summed E-state index contributed by atoms with van der Waals surface area (Å²) < 4.78 is 11.5. The van der Waals surface area contributed by atoms with Gasteiger partial charge in [-0.05, 0) is 63.5 Å². The SMILES string of the molecule is CCC(C)(C)C(=O)OC1CC(C)(O)C=C2C=C[C@@H](C)[C@@H](CC[C@H]3C[C@H](O)CC(=O)O3)[C@@H]21. The lowest BCUT2D eigenvalue weighted by Crippen LogP contribution is -2.47. The van der Waals surface area contributed by atoms with E-state index in [1.165, 1.54) is 0 Å². The van der Waals surface area contributed by atoms with Crippen molar-refractivity contribution in [2.45, 2.75) is 97.1 Å². The van der Waals surface area contributed by atoms with Crippen molar-refractivity contribution in [3.63, 3.8) is 0 Å². The van der Waals surface area contributed by atoms with Crippen LogP contribution in [-0.2, 0) is 19.1 Å². The van der Waals surface area contributed by atoms with E-state index in [4.69, 9.17) is 9.47 Å². The maximum Gasteiger partial charge on any atom is 0.311 e. The molecule has 1 aliphatic heterocycles. The first-order chi connectivity index (χ1) is 14.4. The Morgan fingerprint density at radius 1 is 1.35 bits per heavy atom. The predicted molar refractivity (Wildman–Crippen MR) is 117 cm³/mol. The van der Waals surface area contributed by atoms with Crippen LogP contribution in [0.25, 0.3) is 0 Å². The lowest BCUT2D eigenvalue weighted by molar-refractivity contribution is -0.168. The molecule has 31 heavy (non-hydrogen) atoms. The van der Waals surface area contributed by atoms with E-state index in [1.54, 1.807) is 6.92 Å². The number of carbonyl (C=O) groups excluding carboxylic acids is 2. The molecule has 0 saturated carbocycles. The Balaban J connectivity index is 1.81. The van der Waals surface area contributed by atoms with Crippen LogP contribution in [-0.4, -0.2) is 46.1 Å². The summed E-state index contributed by atoms with van der Waals surface area (Å²) in [7, 11) is 0. The molecular formula is C25H38O6. The van der Waals surface area contributed by atoms with Crippen molar-refractivity contribution < 1.29 is 29.3 Å². The Kier molecular flexibility index (Phi) is 7.02. The number of ether oxygens (including phenoxy) is 2. The number of fused-ring (bicyclic) bond motifs is 1. The van der Waals surface area contributed by atoms with Crippen LogP contribution in [0.4, 0.5) is 0 Å². The van der Waals surface area contributed by atoms with E-state index in [9.17, 15) is 19.8 Å². The van der Waals surface area contributed by atoms with E-state index in [0.29, 0.717) is 25.7 Å². The van der Waals surface area contributed by atoms with Crippen LogP contribution < -0.4 is 0 Å². The van der Waals surface area contributed by atoms with Gasteiger partial charge in [-0.15, -0.1) is 0 Å². The summed E-state index contributed by atoms with van der Waals surface area (Å²) in [6.45, 7) is 9.65. The summed E-state index contributed by atoms with van der Waals surface area (Å²) in [5.41, 5.74) is -0.608. The molecule has 6 nitrogen and oxygen atoms in total. The predicted octanol–water partition coefficient (Wildman–Crippen LogP) is 3.70. The third kappa shape index (κ3) is 5.58. The van der Waals surface area contributed by atoms with Gasteiger partial charge in [-0.1, -0.05) is 26.0 Å². The quantitative estimate of drug-likeness (QED) is 0.619. The monoisotopic (exact) mass is 434 g/mol. The minimum atomic E-state index is -1.04. The van der Waals surface area contributed by atoms with Gasteiger partial charge in [0.2, 0.25) is 0 Å². The van der Waals surface area contributed by atoms with Crippen molar-refractivity contribution in [2.75, 3.05) is 0 Å². The molecular weight excluding hydrogens is 396 g/mol. The van der Waals surface area contributed by atoms with Gasteiger partial charge in [-0.2, -0.15) is 0 Å². The summed E-state index contributed by atoms with van der Waals surface area (Å²) in [6, 6.07) is 0. The van der Waals surface area contributed by atoms with Crippen molar-refractivity contribution in [3.8, 4) is 0 Å². The number of allylic oxidation sites excluding steroid dienone is 2. The molecule has 1 fully saturated rings. The molecule has 174 valence electrons. The molecule has 2 aliphatic carbocycles. The zero-order valence-electron chi connectivity index (χ0n) is 19.5. The Hall–Kier alpha value is -1.66. The normalized spacial score (nSPS) is 38.2. The Bertz CT molecular complexity index is 749. The van der Waals surface area contributed by atoms with Crippen molar-refractivity contribution in [1.29, 1.82) is 0 Å². The van der Waals surface area contributed by atoms with E-state index in [-0.39, 0.29) is 42.2 Å². The lowest BCUT2D eigenvalue weighted by atomic mass is 9.64. The van der Waals surface area contributed by atoms with E-state index >= 15 is 0 Å². The van der Waals surface area contributed by atoms with Crippen LogP contribution in [0, 0.1) is 23.2 Å². The van der Waals surface area contributed by atoms with Gasteiger partial charge >= 0.3 is 11.9 Å². The zero-order chi connectivity index (χ0) is 23.0. The van der Waals surface area contributed by atoms with Crippen LogP contribution in [0.15, 0.2) is 23.8 Å². The average molecular weight is 435 g/mol. The minimum Gasteiger partial charge on any atom is -0.462 e. The molecule has 0 spiro atoms. The molecule has 1 heterocycles. The van der Waals surface area contributed by atoms with Crippen molar-refractivity contribution in [2.24, 2.45) is 23.2 Å². The number of esters is 2. The van der Waals surface area contributed by atoms with Crippen molar-refractivity contribution >= 4 is 11.9 Å². The summed E-state index contributed by atoms with van der Waals surface area (Å²) in [4.78, 5) is 24.6. The second kappa shape index (κ2) is 9.07. The Morgan fingerprint density at radius 2 is 2.06 bits per heavy atom. The van der Waals surface area contributed by atoms with Crippen LogP contribution in [0.3, 0.4) is 0 Å². The third-order valence-electron chi connectivity index (χ3n) is 7.36. The highest BCUT2D eigenvalue weighted by Crippen LogP contribution is 2.46. The topological polar surface area (TPSA) is 93.1 Å². The maximum atomic E-state index is 12.9. The highest BCUT2D eigenvalue weighted by Gasteiger charge is 2.46. The Morgan fingerprint density at radius 3 is 2.71 bits per heavy atom. The van der Waals surface area contributed by atoms with Gasteiger partial charge in [-0.25, -0.2) is 0 Å². The maximum absolute atomic E-state index is 12.9. The number of aliphatic hydroxyl groups is 2. The van der Waals surface area contributed by atoms with Gasteiger partial charge < -0.3 is 19.7 Å². The molecule has 6 heteroatoms. The molecule has 0 aromatic carbocycles. The second-order valence-electron chi connectivity index (χ2n) is 10.6. The molecule has 3 aliphatic rings. The zero-order valence-corrected chi connectivity index (χ0v) is 19.5. The number of carbonyl (C=O) groups is 2. The number of rotatable bonds is 6.